The molecule has 1 aromatic heterocycles. The summed E-state index contributed by atoms with van der Waals surface area (Å²) in [6.45, 7) is 3.64. The molecule has 2 N–H and O–H groups in total. The van der Waals surface area contributed by atoms with E-state index in [1.54, 1.807) is 43.5 Å². The Kier molecular flexibility index (Phi) is 7.50. The Morgan fingerprint density at radius 2 is 1.94 bits per heavy atom. The summed E-state index contributed by atoms with van der Waals surface area (Å²) in [6, 6.07) is 13.4. The largest absolute Gasteiger partial charge is 0.507 e. The quantitative estimate of drug-likeness (QED) is 0.202. The maximum Gasteiger partial charge on any atom is 0.295 e. The van der Waals surface area contributed by atoms with E-state index in [0.717, 1.165) is 6.42 Å². The number of hydrogen-bond acceptors (Lipinski definition) is 5. The normalized spacial score (nSPS) is 17.1. The predicted molar refractivity (Wildman–Crippen MR) is 130 cm³/mol. The lowest BCUT2D eigenvalue weighted by atomic mass is 9.95. The Morgan fingerprint density at radius 1 is 1.14 bits per heavy atom. The van der Waals surface area contributed by atoms with Gasteiger partial charge in [0.15, 0.2) is 0 Å². The number of Topliss-reactive ketones (excluding diaryl/α,β-unsaturated/α-hetero) is 1. The van der Waals surface area contributed by atoms with E-state index in [0.29, 0.717) is 48.7 Å². The number of ether oxygens (including phenoxy) is 2. The third-order valence-electron chi connectivity index (χ3n) is 5.97. The number of aliphatic hydroxyl groups excluding tert-OH is 1. The number of carbonyl (C=O) groups is 2. The van der Waals surface area contributed by atoms with Crippen LogP contribution in [0, 0.1) is 0 Å². The fourth-order valence-corrected chi connectivity index (χ4v) is 4.24. The number of imidazole rings is 1. The lowest BCUT2D eigenvalue weighted by Gasteiger charge is -2.25. The minimum absolute atomic E-state index is 0.0692. The van der Waals surface area contributed by atoms with Crippen molar-refractivity contribution in [1.82, 2.24) is 9.88 Å². The molecule has 1 saturated heterocycles. The average molecular weight is 477 g/mol. The van der Waals surface area contributed by atoms with Crippen molar-refractivity contribution in [3.63, 3.8) is 0 Å². The van der Waals surface area contributed by atoms with E-state index in [4.69, 9.17) is 9.47 Å². The Labute approximate surface area is 204 Å². The van der Waals surface area contributed by atoms with Crippen molar-refractivity contribution < 1.29 is 28.7 Å². The smallest absolute Gasteiger partial charge is 0.295 e. The molecule has 1 aliphatic heterocycles. The summed E-state index contributed by atoms with van der Waals surface area (Å²) in [6.07, 6.45) is 7.08. The zero-order valence-electron chi connectivity index (χ0n) is 19.9. The first-order chi connectivity index (χ1) is 17.0. The van der Waals surface area contributed by atoms with Crippen molar-refractivity contribution in [3.8, 4) is 11.5 Å². The number of nitrogens with one attached hydrogen (secondary N) is 1. The number of aliphatic hydroxyl groups is 1. The van der Waals surface area contributed by atoms with E-state index in [1.807, 2.05) is 42.3 Å². The van der Waals surface area contributed by atoms with Crippen LogP contribution < -0.4 is 14.0 Å². The third kappa shape index (κ3) is 5.21. The molecule has 0 bridgehead atoms. The van der Waals surface area contributed by atoms with E-state index in [9.17, 15) is 14.7 Å². The van der Waals surface area contributed by atoms with Crippen LogP contribution in [0.5, 0.6) is 11.5 Å². The molecule has 0 saturated carbocycles. The molecule has 8 nitrogen and oxygen atoms in total. The molecule has 35 heavy (non-hydrogen) atoms. The molecule has 1 atom stereocenters. The van der Waals surface area contributed by atoms with Gasteiger partial charge in [-0.2, -0.15) is 0 Å². The van der Waals surface area contributed by atoms with Gasteiger partial charge in [0, 0.05) is 18.5 Å². The number of hydrogen-bond donors (Lipinski definition) is 2. The van der Waals surface area contributed by atoms with E-state index < -0.39 is 17.7 Å². The standard InChI is InChI=1S/C27H29N3O5/c1-3-16-35-21-10-8-19(9-11-21)25(31)23-24(20-6-4-7-22(17-20)34-2)30(27(33)26(23)32)14-5-13-29-15-12-28-18-29/h4,6-12,15,17-18,24H,3,5,13-14,16H2,1-2H3,(H,31,32)/p+1. The van der Waals surface area contributed by atoms with Gasteiger partial charge < -0.3 is 19.5 Å². The molecule has 1 fully saturated rings. The Bertz CT molecular complexity index is 1200. The molecule has 0 spiro atoms. The number of aromatic amines is 1. The number of amides is 1. The van der Waals surface area contributed by atoms with Gasteiger partial charge in [-0.25, -0.2) is 4.57 Å². The van der Waals surface area contributed by atoms with Gasteiger partial charge in [0.1, 0.15) is 29.7 Å². The number of H-pyrrole nitrogens is 1. The minimum Gasteiger partial charge on any atom is -0.507 e. The van der Waals surface area contributed by atoms with Gasteiger partial charge in [0.05, 0.1) is 31.9 Å². The fourth-order valence-electron chi connectivity index (χ4n) is 4.24. The lowest BCUT2D eigenvalue weighted by Crippen LogP contribution is -2.36. The van der Waals surface area contributed by atoms with Crippen molar-refractivity contribution in [2.24, 2.45) is 0 Å². The van der Waals surface area contributed by atoms with Gasteiger partial charge in [-0.15, -0.1) is 0 Å². The fraction of sp³-hybridized carbons (Fsp3) is 0.296. The summed E-state index contributed by atoms with van der Waals surface area (Å²) >= 11 is 0. The number of rotatable bonds is 10. The topological polar surface area (TPSA) is 95.7 Å². The van der Waals surface area contributed by atoms with Gasteiger partial charge in [-0.1, -0.05) is 19.1 Å². The lowest BCUT2D eigenvalue weighted by molar-refractivity contribution is -0.695. The van der Waals surface area contributed by atoms with Gasteiger partial charge in [-0.05, 0) is 48.4 Å². The van der Waals surface area contributed by atoms with Crippen molar-refractivity contribution in [2.75, 3.05) is 20.3 Å². The van der Waals surface area contributed by atoms with Crippen LogP contribution in [0.4, 0.5) is 0 Å². The van der Waals surface area contributed by atoms with Crippen LogP contribution in [-0.4, -0.2) is 46.9 Å². The molecule has 8 heteroatoms. The molecule has 3 aromatic rings. The highest BCUT2D eigenvalue weighted by Crippen LogP contribution is 2.40. The molecule has 4 rings (SSSR count). The number of aromatic nitrogens is 2. The van der Waals surface area contributed by atoms with Crippen LogP contribution in [-0.2, 0) is 16.1 Å². The number of nitrogens with zero attached hydrogens (tertiary/aromatic N) is 2. The summed E-state index contributed by atoms with van der Waals surface area (Å²) in [5, 5.41) is 11.2. The second kappa shape index (κ2) is 10.9. The highest BCUT2D eigenvalue weighted by atomic mass is 16.5. The summed E-state index contributed by atoms with van der Waals surface area (Å²) in [7, 11) is 1.56. The van der Waals surface area contributed by atoms with Gasteiger partial charge in [0.25, 0.3) is 11.7 Å². The molecule has 182 valence electrons. The highest BCUT2D eigenvalue weighted by Gasteiger charge is 2.46. The van der Waals surface area contributed by atoms with Crippen LogP contribution in [0.2, 0.25) is 0 Å². The maximum absolute atomic E-state index is 13.2. The monoisotopic (exact) mass is 476 g/mol. The second-order valence-corrected chi connectivity index (χ2v) is 8.34. The van der Waals surface area contributed by atoms with E-state index >= 15 is 0 Å². The summed E-state index contributed by atoms with van der Waals surface area (Å²) in [5.41, 5.74) is 1.21. The maximum atomic E-state index is 13.2. The van der Waals surface area contributed by atoms with Crippen LogP contribution in [0.3, 0.4) is 0 Å². The summed E-state index contributed by atoms with van der Waals surface area (Å²) < 4.78 is 13.0. The van der Waals surface area contributed by atoms with Gasteiger partial charge in [0.2, 0.25) is 6.33 Å². The number of ketones is 1. The highest BCUT2D eigenvalue weighted by molar-refractivity contribution is 6.46. The zero-order valence-corrected chi connectivity index (χ0v) is 19.9. The number of likely N-dealkylation sites (tertiary alicyclic amines) is 1. The molecule has 0 radical (unpaired) electrons. The number of methoxy groups -OCH3 is 1. The first-order valence-electron chi connectivity index (χ1n) is 11.7. The van der Waals surface area contributed by atoms with Crippen LogP contribution in [0.25, 0.3) is 5.76 Å². The second-order valence-electron chi connectivity index (χ2n) is 8.34. The first-order valence-corrected chi connectivity index (χ1v) is 11.7. The number of carbonyl (C=O) groups excluding carboxylic acids is 2. The molecule has 2 heterocycles. The van der Waals surface area contributed by atoms with Crippen molar-refractivity contribution >= 4 is 17.4 Å². The van der Waals surface area contributed by atoms with Crippen LogP contribution in [0.1, 0.15) is 36.9 Å². The van der Waals surface area contributed by atoms with Gasteiger partial charge >= 0.3 is 0 Å². The predicted octanol–water partition coefficient (Wildman–Crippen LogP) is 3.61. The van der Waals surface area contributed by atoms with Crippen molar-refractivity contribution in [3.05, 3.63) is 84.0 Å². The van der Waals surface area contributed by atoms with Crippen LogP contribution in [0.15, 0.2) is 72.8 Å². The molecule has 0 aliphatic carbocycles. The molecule has 1 unspecified atom stereocenters. The minimum atomic E-state index is -0.725. The van der Waals surface area contributed by atoms with E-state index in [2.05, 4.69) is 4.98 Å². The zero-order chi connectivity index (χ0) is 24.8. The Balaban J connectivity index is 1.70. The summed E-state index contributed by atoms with van der Waals surface area (Å²) in [4.78, 5) is 30.8. The third-order valence-corrected chi connectivity index (χ3v) is 5.97. The van der Waals surface area contributed by atoms with E-state index in [1.165, 1.54) is 4.90 Å². The van der Waals surface area contributed by atoms with Gasteiger partial charge in [-0.3, -0.25) is 14.6 Å². The van der Waals surface area contributed by atoms with Crippen molar-refractivity contribution in [2.45, 2.75) is 32.4 Å². The molecule has 2 aromatic carbocycles. The SMILES string of the molecule is CCCOc1ccc(C(O)=C2C(=O)C(=O)N(CCC[n+]3cc[nH]c3)C2c2cccc(OC)c2)cc1. The van der Waals surface area contributed by atoms with E-state index in [-0.39, 0.29) is 11.3 Å². The number of benzene rings is 2. The Morgan fingerprint density at radius 3 is 2.63 bits per heavy atom. The molecule has 1 aliphatic rings. The average Bonchev–Trinajstić information content (AvgIpc) is 3.49. The molecular weight excluding hydrogens is 446 g/mol. The molecule has 1 amide bonds. The van der Waals surface area contributed by atoms with Crippen LogP contribution >= 0.6 is 0 Å². The summed E-state index contributed by atoms with van der Waals surface area (Å²) in [5.74, 6) is -0.248. The first kappa shape index (κ1) is 24.1. The van der Waals surface area contributed by atoms with Crippen molar-refractivity contribution in [1.29, 1.82) is 0 Å². The molecular formula is C27H30N3O5+. The Hall–Kier alpha value is -4.07. The number of aryl methyl sites for hydroxylation is 1.